The standard InChI is InChI=1S/C17H15N3O6/c1-25-12-5-10(6-13(8-12)26-2)9-19-15-7-11(20(23)24)3-4-14(15)16(18-22)17(19)21/h3-8,22H,9H2,1-2H3/b18-16-. The summed E-state index contributed by atoms with van der Waals surface area (Å²) < 4.78 is 10.4. The highest BCUT2D eigenvalue weighted by Gasteiger charge is 2.36. The van der Waals surface area contributed by atoms with E-state index in [-0.39, 0.29) is 17.9 Å². The van der Waals surface area contributed by atoms with Crippen LogP contribution in [-0.4, -0.2) is 36.0 Å². The molecule has 9 nitrogen and oxygen atoms in total. The van der Waals surface area contributed by atoms with Crippen molar-refractivity contribution in [2.75, 3.05) is 19.1 Å². The van der Waals surface area contributed by atoms with Gasteiger partial charge in [-0.25, -0.2) is 0 Å². The Bertz CT molecular complexity index is 902. The van der Waals surface area contributed by atoms with Crippen LogP contribution in [0.25, 0.3) is 0 Å². The Kier molecular flexibility index (Phi) is 4.44. The molecule has 0 aliphatic carbocycles. The Morgan fingerprint density at radius 3 is 2.35 bits per heavy atom. The molecule has 9 heteroatoms. The Morgan fingerprint density at radius 1 is 1.15 bits per heavy atom. The molecule has 1 aliphatic rings. The van der Waals surface area contributed by atoms with Crippen molar-refractivity contribution in [3.63, 3.8) is 0 Å². The minimum absolute atomic E-state index is 0.0968. The lowest BCUT2D eigenvalue weighted by molar-refractivity contribution is -0.384. The summed E-state index contributed by atoms with van der Waals surface area (Å²) in [6.07, 6.45) is 0. The fourth-order valence-corrected chi connectivity index (χ4v) is 2.80. The number of nitro benzene ring substituents is 1. The molecule has 26 heavy (non-hydrogen) atoms. The fourth-order valence-electron chi connectivity index (χ4n) is 2.80. The van der Waals surface area contributed by atoms with E-state index in [0.29, 0.717) is 28.3 Å². The van der Waals surface area contributed by atoms with E-state index < -0.39 is 10.8 Å². The summed E-state index contributed by atoms with van der Waals surface area (Å²) in [6.45, 7) is 0.0968. The summed E-state index contributed by atoms with van der Waals surface area (Å²) in [5, 5.41) is 23.3. The number of fused-ring (bicyclic) bond motifs is 1. The van der Waals surface area contributed by atoms with Crippen LogP contribution in [-0.2, 0) is 11.3 Å². The van der Waals surface area contributed by atoms with Gasteiger partial charge in [0.15, 0.2) is 5.71 Å². The van der Waals surface area contributed by atoms with Gasteiger partial charge in [-0.1, -0.05) is 5.16 Å². The summed E-state index contributed by atoms with van der Waals surface area (Å²) in [4.78, 5) is 24.4. The second kappa shape index (κ2) is 6.71. The molecule has 1 N–H and O–H groups in total. The van der Waals surface area contributed by atoms with Crippen molar-refractivity contribution in [1.82, 2.24) is 0 Å². The Hall–Kier alpha value is -3.62. The van der Waals surface area contributed by atoms with Gasteiger partial charge in [0, 0.05) is 23.8 Å². The maximum atomic E-state index is 12.6. The van der Waals surface area contributed by atoms with E-state index in [9.17, 15) is 20.1 Å². The highest BCUT2D eigenvalue weighted by molar-refractivity contribution is 6.54. The van der Waals surface area contributed by atoms with E-state index in [2.05, 4.69) is 5.16 Å². The van der Waals surface area contributed by atoms with Crippen LogP contribution in [0.15, 0.2) is 41.6 Å². The first-order valence-corrected chi connectivity index (χ1v) is 7.53. The van der Waals surface area contributed by atoms with Crippen LogP contribution in [0.3, 0.4) is 0 Å². The number of non-ortho nitro benzene ring substituents is 1. The molecule has 2 aromatic rings. The van der Waals surface area contributed by atoms with Crippen LogP contribution < -0.4 is 14.4 Å². The van der Waals surface area contributed by atoms with Gasteiger partial charge in [-0.15, -0.1) is 0 Å². The average Bonchev–Trinajstić information content (AvgIpc) is 2.91. The molecule has 2 aromatic carbocycles. The van der Waals surface area contributed by atoms with Gasteiger partial charge in [-0.05, 0) is 23.8 Å². The van der Waals surface area contributed by atoms with Gasteiger partial charge < -0.3 is 19.6 Å². The average molecular weight is 357 g/mol. The smallest absolute Gasteiger partial charge is 0.281 e. The third kappa shape index (κ3) is 2.90. The van der Waals surface area contributed by atoms with E-state index in [4.69, 9.17) is 9.47 Å². The number of benzene rings is 2. The Morgan fingerprint density at radius 2 is 1.81 bits per heavy atom. The van der Waals surface area contributed by atoms with Crippen molar-refractivity contribution in [1.29, 1.82) is 0 Å². The first-order chi connectivity index (χ1) is 12.5. The van der Waals surface area contributed by atoms with Gasteiger partial charge in [0.25, 0.3) is 11.6 Å². The minimum atomic E-state index is -0.551. The second-order valence-corrected chi connectivity index (χ2v) is 5.52. The van der Waals surface area contributed by atoms with Crippen molar-refractivity contribution in [3.05, 3.63) is 57.6 Å². The molecule has 0 aromatic heterocycles. The predicted octanol–water partition coefficient (Wildman–Crippen LogP) is 2.34. The first-order valence-electron chi connectivity index (χ1n) is 7.53. The molecule has 3 rings (SSSR count). The van der Waals surface area contributed by atoms with Crippen molar-refractivity contribution in [2.45, 2.75) is 6.54 Å². The second-order valence-electron chi connectivity index (χ2n) is 5.52. The quantitative estimate of drug-likeness (QED) is 0.499. The molecule has 1 amide bonds. The zero-order chi connectivity index (χ0) is 18.8. The van der Waals surface area contributed by atoms with Gasteiger partial charge in [-0.3, -0.25) is 14.9 Å². The van der Waals surface area contributed by atoms with Crippen LogP contribution in [0.5, 0.6) is 11.5 Å². The number of oxime groups is 1. The Balaban J connectivity index is 2.05. The summed E-state index contributed by atoms with van der Waals surface area (Å²) >= 11 is 0. The van der Waals surface area contributed by atoms with Gasteiger partial charge in [-0.2, -0.15) is 0 Å². The molecule has 0 atom stereocenters. The van der Waals surface area contributed by atoms with Gasteiger partial charge in [0.05, 0.1) is 31.4 Å². The van der Waals surface area contributed by atoms with Crippen LogP contribution in [0.1, 0.15) is 11.1 Å². The molecule has 0 spiro atoms. The van der Waals surface area contributed by atoms with E-state index in [1.165, 1.54) is 37.3 Å². The number of hydrogen-bond donors (Lipinski definition) is 1. The monoisotopic (exact) mass is 357 g/mol. The molecule has 1 heterocycles. The summed E-state index contributed by atoms with van der Waals surface area (Å²) in [6, 6.07) is 9.07. The largest absolute Gasteiger partial charge is 0.497 e. The fraction of sp³-hybridized carbons (Fsp3) is 0.176. The predicted molar refractivity (Wildman–Crippen MR) is 92.2 cm³/mol. The number of anilines is 1. The van der Waals surface area contributed by atoms with Crippen LogP contribution >= 0.6 is 0 Å². The van der Waals surface area contributed by atoms with E-state index >= 15 is 0 Å². The van der Waals surface area contributed by atoms with Gasteiger partial charge in [0.2, 0.25) is 0 Å². The SMILES string of the molecule is COc1cc(CN2C(=O)/C(=N\O)c3ccc([N+](=O)[O-])cc32)cc(OC)c1. The lowest BCUT2D eigenvalue weighted by Crippen LogP contribution is -2.29. The van der Waals surface area contributed by atoms with Crippen LogP contribution in [0.4, 0.5) is 11.4 Å². The van der Waals surface area contributed by atoms with Crippen molar-refractivity contribution in [2.24, 2.45) is 5.16 Å². The molecule has 134 valence electrons. The molecule has 0 fully saturated rings. The highest BCUT2D eigenvalue weighted by atomic mass is 16.6. The first kappa shape index (κ1) is 17.2. The van der Waals surface area contributed by atoms with Crippen molar-refractivity contribution in [3.8, 4) is 11.5 Å². The maximum Gasteiger partial charge on any atom is 0.281 e. The number of rotatable bonds is 5. The molecule has 0 radical (unpaired) electrons. The zero-order valence-electron chi connectivity index (χ0n) is 14.0. The van der Waals surface area contributed by atoms with Crippen LogP contribution in [0, 0.1) is 10.1 Å². The van der Waals surface area contributed by atoms with E-state index in [1.807, 2.05) is 0 Å². The lowest BCUT2D eigenvalue weighted by Gasteiger charge is -2.18. The number of carbonyl (C=O) groups excluding carboxylic acids is 1. The molecule has 0 saturated heterocycles. The molecular weight excluding hydrogens is 342 g/mol. The third-order valence-electron chi connectivity index (χ3n) is 4.04. The number of nitrogens with zero attached hydrogens (tertiary/aromatic N) is 3. The van der Waals surface area contributed by atoms with Crippen LogP contribution in [0.2, 0.25) is 0 Å². The summed E-state index contributed by atoms with van der Waals surface area (Å²) in [7, 11) is 3.02. The molecule has 1 aliphatic heterocycles. The van der Waals surface area contributed by atoms with Crippen molar-refractivity contribution >= 4 is 23.0 Å². The minimum Gasteiger partial charge on any atom is -0.497 e. The molecular formula is C17H15N3O6. The summed E-state index contributed by atoms with van der Waals surface area (Å²) in [5.74, 6) is 0.535. The molecule has 0 bridgehead atoms. The normalized spacial score (nSPS) is 14.5. The topological polar surface area (TPSA) is 115 Å². The van der Waals surface area contributed by atoms with Gasteiger partial charge >= 0.3 is 0 Å². The number of nitro groups is 1. The highest BCUT2D eigenvalue weighted by Crippen LogP contribution is 2.35. The maximum absolute atomic E-state index is 12.6. The number of ether oxygens (including phenoxy) is 2. The lowest BCUT2D eigenvalue weighted by atomic mass is 10.1. The third-order valence-corrected chi connectivity index (χ3v) is 4.04. The zero-order valence-corrected chi connectivity index (χ0v) is 14.0. The van der Waals surface area contributed by atoms with E-state index in [1.54, 1.807) is 18.2 Å². The Labute approximate surface area is 148 Å². The molecule has 0 saturated carbocycles. The van der Waals surface area contributed by atoms with E-state index in [0.717, 1.165) is 0 Å². The summed E-state index contributed by atoms with van der Waals surface area (Å²) in [5.41, 5.74) is 0.997. The number of carbonyl (C=O) groups is 1. The number of amides is 1. The van der Waals surface area contributed by atoms with Crippen molar-refractivity contribution < 1.29 is 24.4 Å². The van der Waals surface area contributed by atoms with Gasteiger partial charge in [0.1, 0.15) is 11.5 Å². The molecule has 0 unspecified atom stereocenters. The number of hydrogen-bond acceptors (Lipinski definition) is 7. The number of methoxy groups -OCH3 is 2.